The van der Waals surface area contributed by atoms with E-state index in [9.17, 15) is 0 Å². The van der Waals surface area contributed by atoms with Gasteiger partial charge in [-0.1, -0.05) is 6.42 Å². The van der Waals surface area contributed by atoms with E-state index >= 15 is 0 Å². The first kappa shape index (κ1) is 9.47. The average Bonchev–Trinajstić information content (AvgIpc) is 2.76. The molecule has 1 N–H and O–H groups in total. The number of likely N-dealkylation sites (N-methyl/N-ethyl adjacent to an activating group) is 1. The van der Waals surface area contributed by atoms with E-state index < -0.39 is 0 Å². The Kier molecular flexibility index (Phi) is 2.61. The molecule has 0 spiro atoms. The van der Waals surface area contributed by atoms with Crippen LogP contribution < -0.4 is 0 Å². The Labute approximate surface area is 80.9 Å². The molecule has 2 aliphatic carbocycles. The van der Waals surface area contributed by atoms with E-state index in [0.717, 1.165) is 17.9 Å². The minimum atomic E-state index is 0.296. The second-order valence-electron chi connectivity index (χ2n) is 4.94. The second-order valence-corrected chi connectivity index (χ2v) is 4.94. The highest BCUT2D eigenvalue weighted by Gasteiger charge is 2.41. The number of aliphatic hydroxyl groups is 1. The summed E-state index contributed by atoms with van der Waals surface area (Å²) in [5.74, 6) is 1.94. The molecule has 2 rings (SSSR count). The van der Waals surface area contributed by atoms with Crippen LogP contribution >= 0.6 is 0 Å². The van der Waals surface area contributed by atoms with Crippen molar-refractivity contribution in [1.82, 2.24) is 4.90 Å². The predicted molar refractivity (Wildman–Crippen MR) is 53.5 cm³/mol. The summed E-state index contributed by atoms with van der Waals surface area (Å²) in [6.07, 6.45) is 5.72. The van der Waals surface area contributed by atoms with Crippen molar-refractivity contribution in [3.8, 4) is 0 Å². The van der Waals surface area contributed by atoms with Gasteiger partial charge < -0.3 is 5.11 Å². The van der Waals surface area contributed by atoms with Crippen molar-refractivity contribution in [3.05, 3.63) is 0 Å². The third kappa shape index (κ3) is 1.62. The molecular weight excluding hydrogens is 162 g/mol. The smallest absolute Gasteiger partial charge is 0.0584 e. The van der Waals surface area contributed by atoms with E-state index in [0.29, 0.717) is 12.6 Å². The van der Waals surface area contributed by atoms with Gasteiger partial charge in [0.25, 0.3) is 0 Å². The Hall–Kier alpha value is -0.0800. The van der Waals surface area contributed by atoms with Crippen LogP contribution in [0.2, 0.25) is 0 Å². The monoisotopic (exact) mass is 183 g/mol. The van der Waals surface area contributed by atoms with Gasteiger partial charge in [0.2, 0.25) is 0 Å². The lowest BCUT2D eigenvalue weighted by Gasteiger charge is -2.35. The minimum absolute atomic E-state index is 0.296. The number of hydrogen-bond acceptors (Lipinski definition) is 2. The maximum atomic E-state index is 9.09. The largest absolute Gasteiger partial charge is 0.395 e. The fraction of sp³-hybridized carbons (Fsp3) is 1.00. The molecule has 2 heteroatoms. The van der Waals surface area contributed by atoms with Crippen molar-refractivity contribution in [2.45, 2.75) is 44.7 Å². The van der Waals surface area contributed by atoms with Crippen molar-refractivity contribution in [2.75, 3.05) is 13.7 Å². The van der Waals surface area contributed by atoms with Gasteiger partial charge in [0.1, 0.15) is 0 Å². The number of nitrogens with zero attached hydrogens (tertiary/aromatic N) is 1. The molecule has 0 saturated heterocycles. The molecule has 2 bridgehead atoms. The lowest BCUT2D eigenvalue weighted by Crippen LogP contribution is -2.43. The van der Waals surface area contributed by atoms with E-state index in [1.165, 1.54) is 25.7 Å². The molecule has 0 aromatic carbocycles. The molecule has 0 aliphatic heterocycles. The zero-order chi connectivity index (χ0) is 9.42. The topological polar surface area (TPSA) is 23.5 Å². The maximum Gasteiger partial charge on any atom is 0.0584 e. The standard InChI is InChI=1S/C11H21NO/c1-8(7-13)12(2)11-6-9-3-4-10(11)5-9/h8-11,13H,3-7H2,1-2H3/t8-,9?,10?,11?/m1/s1. The summed E-state index contributed by atoms with van der Waals surface area (Å²) in [4.78, 5) is 2.39. The highest BCUT2D eigenvalue weighted by Crippen LogP contribution is 2.46. The molecule has 4 atom stereocenters. The summed E-state index contributed by atoms with van der Waals surface area (Å²) < 4.78 is 0. The third-order valence-electron chi connectivity index (χ3n) is 4.18. The first-order chi connectivity index (χ1) is 6.22. The normalized spacial score (nSPS) is 40.2. The molecule has 0 amide bonds. The fourth-order valence-electron chi connectivity index (χ4n) is 3.17. The van der Waals surface area contributed by atoms with Crippen LogP contribution in [0.5, 0.6) is 0 Å². The molecule has 0 heterocycles. The number of aliphatic hydroxyl groups excluding tert-OH is 1. The average molecular weight is 183 g/mol. The van der Waals surface area contributed by atoms with Crippen molar-refractivity contribution in [2.24, 2.45) is 11.8 Å². The van der Waals surface area contributed by atoms with Gasteiger partial charge in [-0.2, -0.15) is 0 Å². The molecule has 13 heavy (non-hydrogen) atoms. The van der Waals surface area contributed by atoms with E-state index in [1.54, 1.807) is 0 Å². The zero-order valence-electron chi connectivity index (χ0n) is 8.74. The first-order valence-corrected chi connectivity index (χ1v) is 5.55. The minimum Gasteiger partial charge on any atom is -0.395 e. The predicted octanol–water partition coefficient (Wildman–Crippen LogP) is 1.49. The molecule has 2 fully saturated rings. The molecule has 2 saturated carbocycles. The summed E-state index contributed by atoms with van der Waals surface area (Å²) >= 11 is 0. The highest BCUT2D eigenvalue weighted by atomic mass is 16.3. The van der Waals surface area contributed by atoms with Gasteiger partial charge in [-0.15, -0.1) is 0 Å². The highest BCUT2D eigenvalue weighted by molar-refractivity contribution is 4.95. The second kappa shape index (κ2) is 3.58. The molecule has 2 aliphatic rings. The van der Waals surface area contributed by atoms with Gasteiger partial charge in [-0.25, -0.2) is 0 Å². The maximum absolute atomic E-state index is 9.09. The van der Waals surface area contributed by atoms with E-state index in [2.05, 4.69) is 18.9 Å². The number of hydrogen-bond donors (Lipinski definition) is 1. The molecule has 0 aromatic heterocycles. The van der Waals surface area contributed by atoms with Gasteiger partial charge in [-0.05, 0) is 45.1 Å². The number of rotatable bonds is 3. The summed E-state index contributed by atoms with van der Waals surface area (Å²) in [5, 5.41) is 9.09. The van der Waals surface area contributed by atoms with Crippen molar-refractivity contribution < 1.29 is 5.11 Å². The van der Waals surface area contributed by atoms with Crippen LogP contribution in [-0.2, 0) is 0 Å². The Balaban J connectivity index is 1.94. The molecule has 76 valence electrons. The molecule has 0 radical (unpaired) electrons. The van der Waals surface area contributed by atoms with E-state index in [1.807, 2.05) is 0 Å². The Morgan fingerprint density at radius 2 is 2.15 bits per heavy atom. The van der Waals surface area contributed by atoms with Crippen LogP contribution in [0.3, 0.4) is 0 Å². The van der Waals surface area contributed by atoms with Gasteiger partial charge in [0.05, 0.1) is 6.61 Å². The Morgan fingerprint density at radius 3 is 2.62 bits per heavy atom. The summed E-state index contributed by atoms with van der Waals surface area (Å²) in [5.41, 5.74) is 0. The van der Waals surface area contributed by atoms with Crippen LogP contribution in [0, 0.1) is 11.8 Å². The van der Waals surface area contributed by atoms with Crippen molar-refractivity contribution in [1.29, 1.82) is 0 Å². The van der Waals surface area contributed by atoms with Crippen molar-refractivity contribution in [3.63, 3.8) is 0 Å². The summed E-state index contributed by atoms with van der Waals surface area (Å²) in [7, 11) is 2.17. The van der Waals surface area contributed by atoms with Crippen molar-refractivity contribution >= 4 is 0 Å². The van der Waals surface area contributed by atoms with E-state index in [4.69, 9.17) is 5.11 Å². The van der Waals surface area contributed by atoms with Gasteiger partial charge >= 0.3 is 0 Å². The summed E-state index contributed by atoms with van der Waals surface area (Å²) in [6, 6.07) is 1.10. The van der Waals surface area contributed by atoms with Gasteiger partial charge in [0, 0.05) is 12.1 Å². The van der Waals surface area contributed by atoms with Crippen LogP contribution in [0.4, 0.5) is 0 Å². The zero-order valence-corrected chi connectivity index (χ0v) is 8.74. The van der Waals surface area contributed by atoms with Crippen LogP contribution in [-0.4, -0.2) is 35.7 Å². The lowest BCUT2D eigenvalue weighted by atomic mass is 9.93. The molecule has 0 aromatic rings. The Bertz CT molecular complexity index is 183. The van der Waals surface area contributed by atoms with Gasteiger partial charge in [0.15, 0.2) is 0 Å². The Morgan fingerprint density at radius 1 is 1.38 bits per heavy atom. The van der Waals surface area contributed by atoms with Crippen LogP contribution in [0.25, 0.3) is 0 Å². The molecule has 3 unspecified atom stereocenters. The number of fused-ring (bicyclic) bond motifs is 2. The molecular formula is C11H21NO. The lowest BCUT2D eigenvalue weighted by molar-refractivity contribution is 0.0908. The third-order valence-corrected chi connectivity index (χ3v) is 4.18. The van der Waals surface area contributed by atoms with Crippen LogP contribution in [0.15, 0.2) is 0 Å². The van der Waals surface area contributed by atoms with Gasteiger partial charge in [-0.3, -0.25) is 4.90 Å². The summed E-state index contributed by atoms with van der Waals surface area (Å²) in [6.45, 7) is 2.41. The van der Waals surface area contributed by atoms with Crippen LogP contribution in [0.1, 0.15) is 32.6 Å². The quantitative estimate of drug-likeness (QED) is 0.716. The SMILES string of the molecule is C[C@H](CO)N(C)C1CC2CCC1C2. The molecule has 2 nitrogen and oxygen atoms in total. The fourth-order valence-corrected chi connectivity index (χ4v) is 3.17. The van der Waals surface area contributed by atoms with E-state index in [-0.39, 0.29) is 0 Å². The first-order valence-electron chi connectivity index (χ1n) is 5.55.